The molecular formula is C27H45F3N4O2. The van der Waals surface area contributed by atoms with Crippen molar-refractivity contribution in [2.24, 2.45) is 11.8 Å². The van der Waals surface area contributed by atoms with Crippen LogP contribution in [0.1, 0.15) is 89.5 Å². The van der Waals surface area contributed by atoms with E-state index < -0.39 is 11.7 Å². The lowest BCUT2D eigenvalue weighted by molar-refractivity contribution is -0.138. The number of hydrogen-bond donors (Lipinski definition) is 2. The Morgan fingerprint density at radius 3 is 2.19 bits per heavy atom. The highest BCUT2D eigenvalue weighted by atomic mass is 19.4. The number of hydrogen-bond acceptors (Lipinski definition) is 4. The number of piperidine rings is 1. The molecule has 1 aromatic rings. The number of rotatable bonds is 2. The number of pyridine rings is 1. The first-order chi connectivity index (χ1) is 17.2. The van der Waals surface area contributed by atoms with Crippen LogP contribution in [0, 0.1) is 11.8 Å². The largest absolute Gasteiger partial charge is 0.417 e. The Labute approximate surface area is 214 Å². The van der Waals surface area contributed by atoms with Crippen molar-refractivity contribution in [2.45, 2.75) is 91.8 Å². The van der Waals surface area contributed by atoms with Crippen LogP contribution in [0.3, 0.4) is 0 Å². The Kier molecular flexibility index (Phi) is 14.7. The van der Waals surface area contributed by atoms with Crippen molar-refractivity contribution >= 4 is 11.8 Å². The Hall–Kier alpha value is -2.16. The smallest absolute Gasteiger partial charge is 0.359 e. The molecule has 206 valence electrons. The normalized spacial score (nSPS) is 17.8. The molecule has 9 heteroatoms. The third-order valence-corrected chi connectivity index (χ3v) is 6.34. The van der Waals surface area contributed by atoms with Gasteiger partial charge in [-0.1, -0.05) is 47.0 Å². The van der Waals surface area contributed by atoms with Gasteiger partial charge in [0.1, 0.15) is 0 Å². The molecule has 4 rings (SSSR count). The number of halogens is 3. The maximum atomic E-state index is 12.7. The van der Waals surface area contributed by atoms with E-state index in [1.807, 2.05) is 13.8 Å². The molecule has 6 nitrogen and oxygen atoms in total. The average Bonchev–Trinajstić information content (AvgIpc) is 3.44. The fraction of sp³-hybridized carbons (Fsp3) is 0.741. The second kappa shape index (κ2) is 16.6. The van der Waals surface area contributed by atoms with Crippen molar-refractivity contribution in [2.75, 3.05) is 26.7 Å². The lowest BCUT2D eigenvalue weighted by atomic mass is 9.97. The molecule has 2 amide bonds. The fourth-order valence-corrected chi connectivity index (χ4v) is 4.49. The standard InChI is InChI=1S/C15H17F3N2O.C7H14N2O.C3H8.C2H6/c16-15(17,18)12-7-11-9-20(6-5-13(11)19-8-12)14(21)10-3-1-2-4-10;1-8-7(10)6-2-4-9-5-3-6;1-3-2;1-2/h7-8,10H,1-6,9H2;6,9H,2-5H2,1H3,(H,8,10);3H2,1-2H3;1-2H3. The molecule has 36 heavy (non-hydrogen) atoms. The first kappa shape index (κ1) is 31.9. The second-order valence-electron chi connectivity index (χ2n) is 9.16. The zero-order valence-corrected chi connectivity index (χ0v) is 22.6. The van der Waals surface area contributed by atoms with Gasteiger partial charge >= 0.3 is 6.18 Å². The van der Waals surface area contributed by atoms with E-state index in [0.717, 1.165) is 63.9 Å². The molecule has 2 aliphatic heterocycles. The molecule has 0 radical (unpaired) electrons. The number of nitrogens with one attached hydrogen (secondary N) is 2. The highest BCUT2D eigenvalue weighted by molar-refractivity contribution is 5.79. The molecule has 1 saturated carbocycles. The quantitative estimate of drug-likeness (QED) is 0.558. The van der Waals surface area contributed by atoms with Crippen molar-refractivity contribution in [1.29, 1.82) is 0 Å². The molecule has 2 fully saturated rings. The summed E-state index contributed by atoms with van der Waals surface area (Å²) in [5.41, 5.74) is 0.470. The molecule has 2 N–H and O–H groups in total. The van der Waals surface area contributed by atoms with E-state index in [1.165, 1.54) is 6.42 Å². The van der Waals surface area contributed by atoms with Gasteiger partial charge in [-0.2, -0.15) is 13.2 Å². The first-order valence-electron chi connectivity index (χ1n) is 13.5. The molecule has 0 bridgehead atoms. The molecule has 0 unspecified atom stereocenters. The fourth-order valence-electron chi connectivity index (χ4n) is 4.49. The lowest BCUT2D eigenvalue weighted by Gasteiger charge is -2.30. The summed E-state index contributed by atoms with van der Waals surface area (Å²) in [5, 5.41) is 5.88. The summed E-state index contributed by atoms with van der Waals surface area (Å²) in [6, 6.07) is 1.14. The van der Waals surface area contributed by atoms with Gasteiger partial charge in [0.15, 0.2) is 0 Å². The van der Waals surface area contributed by atoms with Gasteiger partial charge in [-0.3, -0.25) is 14.6 Å². The van der Waals surface area contributed by atoms with Gasteiger partial charge in [0.05, 0.1) is 5.56 Å². The highest BCUT2D eigenvalue weighted by Crippen LogP contribution is 2.32. The zero-order valence-electron chi connectivity index (χ0n) is 22.6. The Bertz CT molecular complexity index is 790. The van der Waals surface area contributed by atoms with Crippen LogP contribution < -0.4 is 10.6 Å². The molecule has 0 aromatic carbocycles. The molecular weight excluding hydrogens is 469 g/mol. The van der Waals surface area contributed by atoms with Gasteiger partial charge in [0.2, 0.25) is 11.8 Å². The summed E-state index contributed by atoms with van der Waals surface area (Å²) < 4.78 is 38.2. The van der Waals surface area contributed by atoms with E-state index in [-0.39, 0.29) is 30.2 Å². The Morgan fingerprint density at radius 2 is 1.67 bits per heavy atom. The van der Waals surface area contributed by atoms with Gasteiger partial charge < -0.3 is 15.5 Å². The predicted molar refractivity (Wildman–Crippen MR) is 137 cm³/mol. The number of carbonyl (C=O) groups is 2. The third kappa shape index (κ3) is 10.1. The van der Waals surface area contributed by atoms with E-state index in [1.54, 1.807) is 11.9 Å². The maximum absolute atomic E-state index is 12.7. The summed E-state index contributed by atoms with van der Waals surface area (Å²) in [5.74, 6) is 0.605. The van der Waals surface area contributed by atoms with Crippen LogP contribution in [0.5, 0.6) is 0 Å². The molecule has 1 aliphatic carbocycles. The predicted octanol–water partition coefficient (Wildman–Crippen LogP) is 5.35. The van der Waals surface area contributed by atoms with Gasteiger partial charge in [-0.15, -0.1) is 0 Å². The molecule has 1 aromatic heterocycles. The number of aromatic nitrogens is 1. The van der Waals surface area contributed by atoms with Crippen molar-refractivity contribution in [3.8, 4) is 0 Å². The SMILES string of the molecule is CC.CCC.CNC(=O)C1CCNCC1.O=C(C1CCCC1)N1CCc2ncc(C(F)(F)F)cc2C1. The number of alkyl halides is 3. The maximum Gasteiger partial charge on any atom is 0.417 e. The number of carbonyl (C=O) groups excluding carboxylic acids is 2. The third-order valence-electron chi connectivity index (χ3n) is 6.34. The van der Waals surface area contributed by atoms with E-state index in [0.29, 0.717) is 24.2 Å². The van der Waals surface area contributed by atoms with Crippen LogP contribution in [-0.4, -0.2) is 48.4 Å². The summed E-state index contributed by atoms with van der Waals surface area (Å²) in [7, 11) is 1.70. The second-order valence-corrected chi connectivity index (χ2v) is 9.16. The minimum Gasteiger partial charge on any atom is -0.359 e. The van der Waals surface area contributed by atoms with Crippen LogP contribution in [0.15, 0.2) is 12.3 Å². The van der Waals surface area contributed by atoms with Crippen LogP contribution in [0.2, 0.25) is 0 Å². The van der Waals surface area contributed by atoms with Crippen molar-refractivity contribution in [1.82, 2.24) is 20.5 Å². The Morgan fingerprint density at radius 1 is 1.08 bits per heavy atom. The summed E-state index contributed by atoms with van der Waals surface area (Å²) in [4.78, 5) is 29.0. The van der Waals surface area contributed by atoms with Crippen LogP contribution >= 0.6 is 0 Å². The van der Waals surface area contributed by atoms with E-state index in [2.05, 4.69) is 29.5 Å². The van der Waals surface area contributed by atoms with Gasteiger partial charge in [-0.25, -0.2) is 0 Å². The average molecular weight is 515 g/mol. The molecule has 3 aliphatic rings. The van der Waals surface area contributed by atoms with Crippen LogP contribution in [-0.2, 0) is 28.7 Å². The summed E-state index contributed by atoms with van der Waals surface area (Å²) in [6.07, 6.45) is 4.20. The number of amides is 2. The lowest BCUT2D eigenvalue weighted by Crippen LogP contribution is -2.39. The first-order valence-corrected chi connectivity index (χ1v) is 13.5. The minimum absolute atomic E-state index is 0.0605. The van der Waals surface area contributed by atoms with Crippen LogP contribution in [0.25, 0.3) is 0 Å². The van der Waals surface area contributed by atoms with Gasteiger partial charge in [0, 0.05) is 50.3 Å². The topological polar surface area (TPSA) is 74.3 Å². The summed E-state index contributed by atoms with van der Waals surface area (Å²) in [6.45, 7) is 11.0. The number of nitrogens with zero attached hydrogens (tertiary/aromatic N) is 2. The van der Waals surface area contributed by atoms with Gasteiger partial charge in [0.25, 0.3) is 0 Å². The van der Waals surface area contributed by atoms with Crippen LogP contribution in [0.4, 0.5) is 13.2 Å². The molecule has 3 heterocycles. The number of fused-ring (bicyclic) bond motifs is 1. The van der Waals surface area contributed by atoms with Crippen molar-refractivity contribution in [3.63, 3.8) is 0 Å². The van der Waals surface area contributed by atoms with Crippen molar-refractivity contribution in [3.05, 3.63) is 29.1 Å². The zero-order chi connectivity index (χ0) is 27.1. The Balaban J connectivity index is 0.000000361. The minimum atomic E-state index is -4.39. The highest BCUT2D eigenvalue weighted by Gasteiger charge is 2.34. The molecule has 1 saturated heterocycles. The van der Waals surface area contributed by atoms with E-state index in [9.17, 15) is 22.8 Å². The molecule has 0 atom stereocenters. The van der Waals surface area contributed by atoms with E-state index >= 15 is 0 Å². The van der Waals surface area contributed by atoms with E-state index in [4.69, 9.17) is 0 Å². The molecule has 0 spiro atoms. The summed E-state index contributed by atoms with van der Waals surface area (Å²) >= 11 is 0. The van der Waals surface area contributed by atoms with Crippen molar-refractivity contribution < 1.29 is 22.8 Å². The van der Waals surface area contributed by atoms with Gasteiger partial charge in [-0.05, 0) is 50.4 Å². The monoisotopic (exact) mass is 514 g/mol.